The van der Waals surface area contributed by atoms with Crippen LogP contribution in [0.3, 0.4) is 0 Å². The molecule has 10 aromatic rings. The van der Waals surface area contributed by atoms with E-state index >= 15 is 0 Å². The third kappa shape index (κ3) is 4.56. The lowest BCUT2D eigenvalue weighted by Gasteiger charge is -2.28. The Bertz CT molecular complexity index is 3090. The molecule has 0 aliphatic heterocycles. The fourth-order valence-electron chi connectivity index (χ4n) is 9.04. The van der Waals surface area contributed by atoms with Gasteiger partial charge in [0.2, 0.25) is 0 Å². The Morgan fingerprint density at radius 2 is 1.02 bits per heavy atom. The van der Waals surface area contributed by atoms with Gasteiger partial charge in [0.15, 0.2) is 0 Å². The largest absolute Gasteiger partial charge is 0.310 e. The van der Waals surface area contributed by atoms with Crippen molar-refractivity contribution in [3.63, 3.8) is 0 Å². The number of anilines is 3. The number of benzene rings is 9. The van der Waals surface area contributed by atoms with Gasteiger partial charge >= 0.3 is 0 Å². The Balaban J connectivity index is 1.09. The molecule has 0 spiro atoms. The second-order valence-electron chi connectivity index (χ2n) is 14.9. The van der Waals surface area contributed by atoms with Crippen molar-refractivity contribution in [1.29, 1.82) is 0 Å². The minimum Gasteiger partial charge on any atom is -0.310 e. The Hall–Kier alpha value is -6.22. The van der Waals surface area contributed by atoms with Crippen LogP contribution in [0.2, 0.25) is 0 Å². The summed E-state index contributed by atoms with van der Waals surface area (Å²) >= 11 is 1.87. The first-order valence-electron chi connectivity index (χ1n) is 18.4. The highest BCUT2D eigenvalue weighted by molar-refractivity contribution is 7.25. The maximum atomic E-state index is 2.44. The summed E-state index contributed by atoms with van der Waals surface area (Å²) in [4.78, 5) is 2.44. The molecule has 0 amide bonds. The van der Waals surface area contributed by atoms with Gasteiger partial charge in [0, 0.05) is 42.6 Å². The molecule has 0 saturated heterocycles. The standard InChI is InChI=1S/C51H35NS/c1-51(2)46-17-9-7-14-40(46)41-27-25-37(31-47(41)51)52(36-26-28-49-45(30-36)42-15-8-10-18-48(42)53-49)35-23-21-33(22-24-35)44-29-34-20-19-32-11-3-4-12-38(32)50(34)43-16-6-5-13-39(43)44/h3-31H,1-2H3. The van der Waals surface area contributed by atoms with Crippen LogP contribution in [0.25, 0.3) is 74.7 Å². The van der Waals surface area contributed by atoms with E-state index in [4.69, 9.17) is 0 Å². The third-order valence-corrected chi connectivity index (χ3v) is 12.8. The van der Waals surface area contributed by atoms with E-state index in [0.29, 0.717) is 0 Å². The molecule has 0 radical (unpaired) electrons. The molecule has 9 aromatic carbocycles. The lowest BCUT2D eigenvalue weighted by molar-refractivity contribution is 0.660. The second-order valence-corrected chi connectivity index (χ2v) is 16.0. The van der Waals surface area contributed by atoms with Gasteiger partial charge in [-0.25, -0.2) is 0 Å². The molecule has 1 aliphatic rings. The van der Waals surface area contributed by atoms with Crippen LogP contribution in [0.4, 0.5) is 17.1 Å². The van der Waals surface area contributed by atoms with Crippen molar-refractivity contribution >= 4 is 80.9 Å². The van der Waals surface area contributed by atoms with E-state index in [0.717, 1.165) is 11.4 Å². The van der Waals surface area contributed by atoms with Crippen LogP contribution in [0.5, 0.6) is 0 Å². The zero-order valence-electron chi connectivity index (χ0n) is 29.6. The SMILES string of the molecule is CC1(C)c2ccccc2-c2ccc(N(c3ccc(-c4cc5ccc6ccccc6c5c5ccccc45)cc3)c3ccc4sc5ccccc5c4c3)cc21. The monoisotopic (exact) mass is 693 g/mol. The van der Waals surface area contributed by atoms with Gasteiger partial charge in [-0.1, -0.05) is 135 Å². The van der Waals surface area contributed by atoms with Crippen molar-refractivity contribution in [3.8, 4) is 22.3 Å². The average Bonchev–Trinajstić information content (AvgIpc) is 3.69. The first-order chi connectivity index (χ1) is 26.0. The number of nitrogens with zero attached hydrogens (tertiary/aromatic N) is 1. The summed E-state index contributed by atoms with van der Waals surface area (Å²) in [7, 11) is 0. The zero-order valence-corrected chi connectivity index (χ0v) is 30.4. The molecule has 53 heavy (non-hydrogen) atoms. The molecule has 1 heterocycles. The van der Waals surface area contributed by atoms with E-state index in [1.165, 1.54) is 91.6 Å². The van der Waals surface area contributed by atoms with Gasteiger partial charge in [0.05, 0.1) is 0 Å². The fourth-order valence-corrected chi connectivity index (χ4v) is 10.1. The third-order valence-electron chi connectivity index (χ3n) is 11.6. The summed E-state index contributed by atoms with van der Waals surface area (Å²) in [6, 6.07) is 65.5. The molecule has 11 rings (SSSR count). The van der Waals surface area contributed by atoms with Crippen LogP contribution in [-0.4, -0.2) is 0 Å². The Morgan fingerprint density at radius 1 is 0.396 bits per heavy atom. The molecule has 1 nitrogen and oxygen atoms in total. The molecular weight excluding hydrogens is 659 g/mol. The fraction of sp³-hybridized carbons (Fsp3) is 0.0588. The van der Waals surface area contributed by atoms with Gasteiger partial charge in [0.1, 0.15) is 0 Å². The van der Waals surface area contributed by atoms with Crippen molar-refractivity contribution in [1.82, 2.24) is 0 Å². The highest BCUT2D eigenvalue weighted by atomic mass is 32.1. The van der Waals surface area contributed by atoms with Crippen molar-refractivity contribution in [2.45, 2.75) is 19.3 Å². The van der Waals surface area contributed by atoms with E-state index in [2.05, 4.69) is 195 Å². The number of thiophene rings is 1. The summed E-state index contributed by atoms with van der Waals surface area (Å²) < 4.78 is 2.63. The Labute approximate surface area is 313 Å². The topological polar surface area (TPSA) is 3.24 Å². The summed E-state index contributed by atoms with van der Waals surface area (Å²) in [6.45, 7) is 4.72. The van der Waals surface area contributed by atoms with E-state index in [9.17, 15) is 0 Å². The van der Waals surface area contributed by atoms with Crippen LogP contribution >= 0.6 is 11.3 Å². The Kier molecular flexibility index (Phi) is 6.53. The molecule has 0 fully saturated rings. The second kappa shape index (κ2) is 11.4. The summed E-state index contributed by atoms with van der Waals surface area (Å²) in [5, 5.41) is 10.3. The van der Waals surface area contributed by atoms with Crippen LogP contribution in [-0.2, 0) is 5.41 Å². The van der Waals surface area contributed by atoms with Crippen molar-refractivity contribution in [2.75, 3.05) is 4.90 Å². The molecule has 1 aliphatic carbocycles. The van der Waals surface area contributed by atoms with Gasteiger partial charge < -0.3 is 4.90 Å². The molecule has 0 bridgehead atoms. The molecular formula is C51H35NS. The minimum atomic E-state index is -0.0898. The lowest BCUT2D eigenvalue weighted by Crippen LogP contribution is -2.16. The first-order valence-corrected chi connectivity index (χ1v) is 19.2. The molecule has 0 unspecified atom stereocenters. The predicted molar refractivity (Wildman–Crippen MR) is 230 cm³/mol. The van der Waals surface area contributed by atoms with Gasteiger partial charge in [0.25, 0.3) is 0 Å². The average molecular weight is 694 g/mol. The van der Waals surface area contributed by atoms with E-state index in [1.54, 1.807) is 0 Å². The predicted octanol–water partition coefficient (Wildman–Crippen LogP) is 15.0. The number of fused-ring (bicyclic) bond motifs is 11. The molecule has 0 atom stereocenters. The zero-order chi connectivity index (χ0) is 35.3. The maximum absolute atomic E-state index is 2.44. The van der Waals surface area contributed by atoms with Crippen LogP contribution in [0.1, 0.15) is 25.0 Å². The smallest absolute Gasteiger partial charge is 0.0468 e. The number of rotatable bonds is 4. The summed E-state index contributed by atoms with van der Waals surface area (Å²) in [6.07, 6.45) is 0. The summed E-state index contributed by atoms with van der Waals surface area (Å²) in [5.74, 6) is 0. The molecule has 0 N–H and O–H groups in total. The summed E-state index contributed by atoms with van der Waals surface area (Å²) in [5.41, 5.74) is 11.3. The minimum absolute atomic E-state index is 0.0898. The van der Waals surface area contributed by atoms with Crippen LogP contribution in [0, 0.1) is 0 Å². The molecule has 1 aromatic heterocycles. The highest BCUT2D eigenvalue weighted by Gasteiger charge is 2.35. The molecule has 250 valence electrons. The number of hydrogen-bond acceptors (Lipinski definition) is 2. The van der Waals surface area contributed by atoms with Crippen LogP contribution < -0.4 is 4.90 Å². The lowest BCUT2D eigenvalue weighted by atomic mass is 9.82. The van der Waals surface area contributed by atoms with Crippen LogP contribution in [0.15, 0.2) is 176 Å². The van der Waals surface area contributed by atoms with Gasteiger partial charge in [-0.3, -0.25) is 0 Å². The van der Waals surface area contributed by atoms with E-state index < -0.39 is 0 Å². The van der Waals surface area contributed by atoms with E-state index in [1.807, 2.05) is 11.3 Å². The Morgan fingerprint density at radius 3 is 1.89 bits per heavy atom. The van der Waals surface area contributed by atoms with Gasteiger partial charge in [-0.05, 0) is 120 Å². The van der Waals surface area contributed by atoms with E-state index in [-0.39, 0.29) is 5.41 Å². The molecule has 0 saturated carbocycles. The molecule has 2 heteroatoms. The number of hydrogen-bond donors (Lipinski definition) is 0. The van der Waals surface area contributed by atoms with Gasteiger partial charge in [-0.2, -0.15) is 0 Å². The maximum Gasteiger partial charge on any atom is 0.0468 e. The normalized spacial score (nSPS) is 13.2. The van der Waals surface area contributed by atoms with Crippen molar-refractivity contribution in [2.24, 2.45) is 0 Å². The van der Waals surface area contributed by atoms with Gasteiger partial charge in [-0.15, -0.1) is 11.3 Å². The van der Waals surface area contributed by atoms with Crippen molar-refractivity contribution in [3.05, 3.63) is 187 Å². The van der Waals surface area contributed by atoms with Crippen molar-refractivity contribution < 1.29 is 0 Å². The quantitative estimate of drug-likeness (QED) is 0.166. The highest BCUT2D eigenvalue weighted by Crippen LogP contribution is 2.51. The first kappa shape index (κ1) is 30.4.